The molecule has 2 N–H and O–H groups in total. The third-order valence-corrected chi connectivity index (χ3v) is 3.54. The van der Waals surface area contributed by atoms with Gasteiger partial charge in [-0.2, -0.15) is 0 Å². The zero-order valence-electron chi connectivity index (χ0n) is 12.2. The Labute approximate surface area is 125 Å². The topological polar surface area (TPSA) is 49.7 Å². The molecule has 2 rings (SSSR count). The van der Waals surface area contributed by atoms with Crippen molar-refractivity contribution >= 4 is 0 Å². The summed E-state index contributed by atoms with van der Waals surface area (Å²) in [4.78, 5) is 0. The van der Waals surface area contributed by atoms with E-state index in [9.17, 15) is 10.2 Å². The van der Waals surface area contributed by atoms with E-state index in [0.29, 0.717) is 13.0 Å². The van der Waals surface area contributed by atoms with Gasteiger partial charge in [0.15, 0.2) is 0 Å². The number of aliphatic hydroxyl groups is 2. The second-order valence-corrected chi connectivity index (χ2v) is 5.09. The second-order valence-electron chi connectivity index (χ2n) is 5.09. The number of rotatable bonds is 7. The monoisotopic (exact) mass is 286 g/mol. The van der Waals surface area contributed by atoms with Crippen LogP contribution in [0.15, 0.2) is 60.7 Å². The average molecular weight is 286 g/mol. The van der Waals surface area contributed by atoms with E-state index in [2.05, 4.69) is 0 Å². The summed E-state index contributed by atoms with van der Waals surface area (Å²) < 4.78 is 5.80. The molecule has 3 heteroatoms. The van der Waals surface area contributed by atoms with Gasteiger partial charge < -0.3 is 14.9 Å². The van der Waals surface area contributed by atoms with Crippen molar-refractivity contribution in [2.45, 2.75) is 38.3 Å². The molecule has 2 aromatic rings. The van der Waals surface area contributed by atoms with Crippen molar-refractivity contribution in [1.29, 1.82) is 0 Å². The molecule has 21 heavy (non-hydrogen) atoms. The Hall–Kier alpha value is -1.68. The van der Waals surface area contributed by atoms with Crippen LogP contribution in [0.25, 0.3) is 0 Å². The van der Waals surface area contributed by atoms with E-state index in [1.165, 1.54) is 0 Å². The highest BCUT2D eigenvalue weighted by Gasteiger charge is 2.27. The predicted molar refractivity (Wildman–Crippen MR) is 82.7 cm³/mol. The Bertz CT molecular complexity index is 513. The van der Waals surface area contributed by atoms with Crippen LogP contribution in [0.5, 0.6) is 0 Å². The third kappa shape index (κ3) is 4.39. The lowest BCUT2D eigenvalue weighted by Crippen LogP contribution is -2.34. The van der Waals surface area contributed by atoms with Gasteiger partial charge in [-0.3, -0.25) is 0 Å². The third-order valence-electron chi connectivity index (χ3n) is 3.54. The molecule has 1 unspecified atom stereocenters. The molecule has 0 spiro atoms. The van der Waals surface area contributed by atoms with Crippen LogP contribution in [0.3, 0.4) is 0 Å². The maximum atomic E-state index is 10.5. The molecular weight excluding hydrogens is 264 g/mol. The van der Waals surface area contributed by atoms with Gasteiger partial charge in [-0.25, -0.2) is 0 Å². The lowest BCUT2D eigenvalue weighted by molar-refractivity contribution is -0.109. The van der Waals surface area contributed by atoms with Crippen molar-refractivity contribution in [3.63, 3.8) is 0 Å². The maximum Gasteiger partial charge on any atom is 0.114 e. The number of hydrogen-bond donors (Lipinski definition) is 2. The van der Waals surface area contributed by atoms with Gasteiger partial charge >= 0.3 is 0 Å². The summed E-state index contributed by atoms with van der Waals surface area (Å²) in [5.74, 6) is 0. The highest BCUT2D eigenvalue weighted by Crippen LogP contribution is 2.24. The van der Waals surface area contributed by atoms with Crippen LogP contribution >= 0.6 is 0 Å². The molecule has 112 valence electrons. The SMILES string of the molecule is CC[C@H](O)C(OCc1ccccc1)[C@H](O)c1ccccc1. The van der Waals surface area contributed by atoms with Crippen LogP contribution in [0, 0.1) is 0 Å². The van der Waals surface area contributed by atoms with Crippen molar-refractivity contribution in [3.05, 3.63) is 71.8 Å². The molecule has 0 aliphatic carbocycles. The van der Waals surface area contributed by atoms with Gasteiger partial charge in [-0.05, 0) is 17.5 Å². The van der Waals surface area contributed by atoms with E-state index < -0.39 is 18.3 Å². The van der Waals surface area contributed by atoms with Gasteiger partial charge in [0.2, 0.25) is 0 Å². The normalized spacial score (nSPS) is 15.4. The van der Waals surface area contributed by atoms with Gasteiger partial charge in [0, 0.05) is 0 Å². The van der Waals surface area contributed by atoms with Crippen LogP contribution in [-0.4, -0.2) is 22.4 Å². The molecule has 2 aromatic carbocycles. The molecule has 0 aromatic heterocycles. The zero-order chi connectivity index (χ0) is 15.1. The molecule has 0 saturated heterocycles. The van der Waals surface area contributed by atoms with Crippen LogP contribution in [0.4, 0.5) is 0 Å². The quantitative estimate of drug-likeness (QED) is 0.822. The molecule has 3 atom stereocenters. The summed E-state index contributed by atoms with van der Waals surface area (Å²) in [6, 6.07) is 19.1. The highest BCUT2D eigenvalue weighted by atomic mass is 16.5. The summed E-state index contributed by atoms with van der Waals surface area (Å²) in [7, 11) is 0. The molecule has 0 fully saturated rings. The first-order valence-electron chi connectivity index (χ1n) is 7.29. The number of benzene rings is 2. The molecule has 0 amide bonds. The zero-order valence-corrected chi connectivity index (χ0v) is 12.2. The molecule has 0 aliphatic heterocycles. The van der Waals surface area contributed by atoms with E-state index in [1.807, 2.05) is 67.6 Å². The van der Waals surface area contributed by atoms with Crippen molar-refractivity contribution in [2.24, 2.45) is 0 Å². The second kappa shape index (κ2) is 7.93. The molecule has 0 bridgehead atoms. The molecule has 0 saturated carbocycles. The average Bonchev–Trinajstić information content (AvgIpc) is 2.56. The van der Waals surface area contributed by atoms with Crippen LogP contribution in [-0.2, 0) is 11.3 Å². The smallest absolute Gasteiger partial charge is 0.114 e. The van der Waals surface area contributed by atoms with Crippen molar-refractivity contribution in [3.8, 4) is 0 Å². The van der Waals surface area contributed by atoms with Gasteiger partial charge in [-0.1, -0.05) is 67.6 Å². The van der Waals surface area contributed by atoms with Crippen molar-refractivity contribution in [2.75, 3.05) is 0 Å². The van der Waals surface area contributed by atoms with Crippen LogP contribution < -0.4 is 0 Å². The Morgan fingerprint density at radius 2 is 1.48 bits per heavy atom. The first-order chi connectivity index (χ1) is 10.2. The predicted octanol–water partition coefficient (Wildman–Crippen LogP) is 3.08. The lowest BCUT2D eigenvalue weighted by Gasteiger charge is -2.27. The standard InChI is InChI=1S/C18H22O3/c1-2-16(19)18(17(20)15-11-7-4-8-12-15)21-13-14-9-5-3-6-10-14/h3-12,16-20H,2,13H2,1H3/t16-,17+,18?/m0/s1. The van der Waals surface area contributed by atoms with E-state index in [1.54, 1.807) is 0 Å². The first kappa shape index (κ1) is 15.7. The molecule has 0 heterocycles. The Kier molecular flexibility index (Phi) is 5.93. The summed E-state index contributed by atoms with van der Waals surface area (Å²) >= 11 is 0. The Morgan fingerprint density at radius 3 is 2.05 bits per heavy atom. The van der Waals surface area contributed by atoms with Gasteiger partial charge in [0.25, 0.3) is 0 Å². The van der Waals surface area contributed by atoms with Crippen molar-refractivity contribution < 1.29 is 14.9 Å². The van der Waals surface area contributed by atoms with Gasteiger partial charge in [0.1, 0.15) is 12.2 Å². The van der Waals surface area contributed by atoms with E-state index in [4.69, 9.17) is 4.74 Å². The lowest BCUT2D eigenvalue weighted by atomic mass is 9.99. The largest absolute Gasteiger partial charge is 0.390 e. The Balaban J connectivity index is 2.07. The van der Waals surface area contributed by atoms with Crippen LogP contribution in [0.1, 0.15) is 30.6 Å². The Morgan fingerprint density at radius 1 is 0.905 bits per heavy atom. The molecule has 0 radical (unpaired) electrons. The summed E-state index contributed by atoms with van der Waals surface area (Å²) in [5, 5.41) is 20.6. The fraction of sp³-hybridized carbons (Fsp3) is 0.333. The van der Waals surface area contributed by atoms with Crippen LogP contribution in [0.2, 0.25) is 0 Å². The first-order valence-corrected chi connectivity index (χ1v) is 7.29. The van der Waals surface area contributed by atoms with Gasteiger partial charge in [0.05, 0.1) is 12.7 Å². The minimum absolute atomic E-state index is 0.368. The van der Waals surface area contributed by atoms with E-state index in [0.717, 1.165) is 11.1 Å². The fourth-order valence-corrected chi connectivity index (χ4v) is 2.25. The maximum absolute atomic E-state index is 10.5. The molecule has 3 nitrogen and oxygen atoms in total. The highest BCUT2D eigenvalue weighted by molar-refractivity contribution is 5.19. The van der Waals surface area contributed by atoms with E-state index in [-0.39, 0.29) is 0 Å². The van der Waals surface area contributed by atoms with E-state index >= 15 is 0 Å². The number of hydrogen-bond acceptors (Lipinski definition) is 3. The van der Waals surface area contributed by atoms with Crippen molar-refractivity contribution in [1.82, 2.24) is 0 Å². The minimum Gasteiger partial charge on any atom is -0.390 e. The molecule has 0 aliphatic rings. The fourth-order valence-electron chi connectivity index (χ4n) is 2.25. The molecular formula is C18H22O3. The summed E-state index contributed by atoms with van der Waals surface area (Å²) in [5.41, 5.74) is 1.77. The van der Waals surface area contributed by atoms with Gasteiger partial charge in [-0.15, -0.1) is 0 Å². The number of ether oxygens (including phenoxy) is 1. The summed E-state index contributed by atoms with van der Waals surface area (Å²) in [6.07, 6.45) is -1.66. The minimum atomic E-state index is -0.843. The number of aliphatic hydroxyl groups excluding tert-OH is 2. The summed E-state index contributed by atoms with van der Waals surface area (Å²) in [6.45, 7) is 2.24.